The lowest BCUT2D eigenvalue weighted by molar-refractivity contribution is 0.263. The van der Waals surface area contributed by atoms with E-state index in [2.05, 4.69) is 20.4 Å². The predicted octanol–water partition coefficient (Wildman–Crippen LogP) is 4.56. The van der Waals surface area contributed by atoms with Gasteiger partial charge < -0.3 is 20.1 Å². The van der Waals surface area contributed by atoms with E-state index in [4.69, 9.17) is 4.74 Å². The molecule has 208 valence electrons. The quantitative estimate of drug-likeness (QED) is 0.346. The van der Waals surface area contributed by atoms with Crippen molar-refractivity contribution in [1.82, 2.24) is 14.8 Å². The highest BCUT2D eigenvalue weighted by atomic mass is 19.1. The third-order valence-corrected chi connectivity index (χ3v) is 7.13. The normalized spacial score (nSPS) is 15.6. The number of aliphatic imine (C=N–C) groups is 1. The van der Waals surface area contributed by atoms with Crippen molar-refractivity contribution >= 4 is 22.5 Å². The smallest absolute Gasteiger partial charge is 0.289 e. The number of aromatic amines is 1. The van der Waals surface area contributed by atoms with Gasteiger partial charge in [-0.1, -0.05) is 32.9 Å². The lowest BCUT2D eigenvalue weighted by atomic mass is 9.86. The number of hydrogen-bond acceptors (Lipinski definition) is 7. The van der Waals surface area contributed by atoms with Crippen molar-refractivity contribution in [2.24, 2.45) is 4.99 Å². The molecule has 2 aromatic heterocycles. The van der Waals surface area contributed by atoms with Crippen LogP contribution < -0.4 is 16.4 Å². The van der Waals surface area contributed by atoms with Crippen molar-refractivity contribution in [3.8, 4) is 16.8 Å². The lowest BCUT2D eigenvalue weighted by Crippen LogP contribution is -2.28. The zero-order valence-corrected chi connectivity index (χ0v) is 23.1. The summed E-state index contributed by atoms with van der Waals surface area (Å²) in [5, 5.41) is 18.1. The fraction of sp³-hybridized carbons (Fsp3) is 0.333. The van der Waals surface area contributed by atoms with Gasteiger partial charge in [0.1, 0.15) is 11.5 Å². The standard InChI is InChI=1S/C30H32FN5O4/c1-16-9-10-40-29(33-16)35-24-13-21(17(2)34-27(24)38)20-7-6-8-25(22(20)15-37)36-28(39)26-18(14-32-36)11-19(12-23(26)31)30(3,4)5/h6-8,11-14,16,37H,9-10,15H2,1-5H3,(H,33,35)(H,34,38). The molecule has 10 heteroatoms. The number of H-pyrrole nitrogens is 1. The number of rotatable bonds is 4. The highest BCUT2D eigenvalue weighted by molar-refractivity contribution is 5.90. The van der Waals surface area contributed by atoms with E-state index in [0.717, 1.165) is 16.7 Å². The summed E-state index contributed by atoms with van der Waals surface area (Å²) >= 11 is 0. The summed E-state index contributed by atoms with van der Waals surface area (Å²) in [4.78, 5) is 33.5. The van der Waals surface area contributed by atoms with E-state index in [1.54, 1.807) is 37.3 Å². The van der Waals surface area contributed by atoms with Gasteiger partial charge >= 0.3 is 0 Å². The van der Waals surface area contributed by atoms with Crippen LogP contribution in [0.25, 0.3) is 27.6 Å². The first-order valence-electron chi connectivity index (χ1n) is 13.1. The summed E-state index contributed by atoms with van der Waals surface area (Å²) < 4.78 is 21.9. The molecule has 40 heavy (non-hydrogen) atoms. The Bertz CT molecular complexity index is 1770. The van der Waals surface area contributed by atoms with Crippen molar-refractivity contribution in [1.29, 1.82) is 0 Å². The number of benzene rings is 2. The van der Waals surface area contributed by atoms with Gasteiger partial charge in [0.05, 0.1) is 36.5 Å². The second-order valence-electron chi connectivity index (χ2n) is 11.1. The van der Waals surface area contributed by atoms with E-state index in [0.29, 0.717) is 40.1 Å². The first-order chi connectivity index (χ1) is 19.0. The Labute approximate surface area is 230 Å². The number of hydrogen-bond donors (Lipinski definition) is 3. The SMILES string of the molecule is Cc1[nH]c(=O)c(NC2=NC(C)CCO2)cc1-c1cccc(-n2ncc3cc(C(C)(C)C)cc(F)c3c2=O)c1CO. The number of ether oxygens (including phenoxy) is 1. The highest BCUT2D eigenvalue weighted by Gasteiger charge is 2.21. The number of aryl methyl sites for hydroxylation is 1. The summed E-state index contributed by atoms with van der Waals surface area (Å²) in [5.74, 6) is -0.625. The van der Waals surface area contributed by atoms with Gasteiger partial charge in [-0.2, -0.15) is 9.78 Å². The molecule has 1 unspecified atom stereocenters. The fourth-order valence-electron chi connectivity index (χ4n) is 4.84. The zero-order chi connectivity index (χ0) is 28.8. The van der Waals surface area contributed by atoms with Gasteiger partial charge in [0.15, 0.2) is 0 Å². The molecule has 9 nitrogen and oxygen atoms in total. The zero-order valence-electron chi connectivity index (χ0n) is 23.1. The summed E-state index contributed by atoms with van der Waals surface area (Å²) in [7, 11) is 0. The minimum Gasteiger partial charge on any atom is -0.465 e. The van der Waals surface area contributed by atoms with Gasteiger partial charge in [0.2, 0.25) is 0 Å². The first kappa shape index (κ1) is 27.3. The van der Waals surface area contributed by atoms with Crippen LogP contribution in [0.3, 0.4) is 0 Å². The Balaban J connectivity index is 1.64. The number of aliphatic hydroxyl groups excluding tert-OH is 1. The largest absolute Gasteiger partial charge is 0.465 e. The van der Waals surface area contributed by atoms with E-state index in [1.165, 1.54) is 12.3 Å². The van der Waals surface area contributed by atoms with E-state index in [1.807, 2.05) is 27.7 Å². The molecule has 0 radical (unpaired) electrons. The lowest BCUT2D eigenvalue weighted by Gasteiger charge is -2.20. The third-order valence-electron chi connectivity index (χ3n) is 7.13. The Kier molecular flexibility index (Phi) is 7.05. The monoisotopic (exact) mass is 545 g/mol. The molecule has 1 aliphatic rings. The summed E-state index contributed by atoms with van der Waals surface area (Å²) in [5.41, 5.74) is 2.13. The maximum atomic E-state index is 15.3. The number of nitrogens with one attached hydrogen (secondary N) is 2. The molecule has 3 N–H and O–H groups in total. The number of halogens is 1. The van der Waals surface area contributed by atoms with Crippen LogP contribution in [0.5, 0.6) is 0 Å². The molecule has 1 aliphatic heterocycles. The van der Waals surface area contributed by atoms with Crippen molar-refractivity contribution < 1.29 is 14.2 Å². The molecule has 4 aromatic rings. The first-order valence-corrected chi connectivity index (χ1v) is 13.1. The summed E-state index contributed by atoms with van der Waals surface area (Å²) in [6.07, 6.45) is 2.25. The van der Waals surface area contributed by atoms with Crippen LogP contribution >= 0.6 is 0 Å². The van der Waals surface area contributed by atoms with Crippen LogP contribution in [0.15, 0.2) is 57.2 Å². The topological polar surface area (TPSA) is 122 Å². The summed E-state index contributed by atoms with van der Waals surface area (Å²) in [6, 6.07) is 10.3. The third kappa shape index (κ3) is 5.02. The van der Waals surface area contributed by atoms with E-state index < -0.39 is 18.0 Å². The average Bonchev–Trinajstić information content (AvgIpc) is 2.89. The number of aliphatic hydroxyl groups is 1. The van der Waals surface area contributed by atoms with Crippen LogP contribution in [0.4, 0.5) is 10.1 Å². The Morgan fingerprint density at radius 3 is 2.67 bits per heavy atom. The van der Waals surface area contributed by atoms with E-state index in [-0.39, 0.29) is 34.1 Å². The Morgan fingerprint density at radius 2 is 1.98 bits per heavy atom. The minimum absolute atomic E-state index is 0.0653. The molecule has 0 aliphatic carbocycles. The molecular weight excluding hydrogens is 513 g/mol. The van der Waals surface area contributed by atoms with E-state index in [9.17, 15) is 14.7 Å². The highest BCUT2D eigenvalue weighted by Crippen LogP contribution is 2.31. The van der Waals surface area contributed by atoms with Gasteiger partial charge in [-0.15, -0.1) is 0 Å². The van der Waals surface area contributed by atoms with E-state index >= 15 is 4.39 Å². The van der Waals surface area contributed by atoms with Gasteiger partial charge in [-0.25, -0.2) is 9.38 Å². The van der Waals surface area contributed by atoms with Gasteiger partial charge in [0.25, 0.3) is 17.1 Å². The van der Waals surface area contributed by atoms with Gasteiger partial charge in [0, 0.05) is 28.6 Å². The molecule has 2 aromatic carbocycles. The Hall–Kier alpha value is -4.31. The van der Waals surface area contributed by atoms with Gasteiger partial charge in [-0.3, -0.25) is 9.59 Å². The molecular formula is C30H32FN5O4. The molecule has 5 rings (SSSR count). The molecule has 0 amide bonds. The molecule has 3 heterocycles. The number of aromatic nitrogens is 3. The van der Waals surface area contributed by atoms with Crippen molar-refractivity contribution in [3.05, 3.63) is 85.9 Å². The number of nitrogens with zero attached hydrogens (tertiary/aromatic N) is 3. The molecule has 0 fully saturated rings. The maximum Gasteiger partial charge on any atom is 0.289 e. The van der Waals surface area contributed by atoms with Crippen LogP contribution in [-0.4, -0.2) is 38.5 Å². The van der Waals surface area contributed by atoms with Gasteiger partial charge in [-0.05, 0) is 54.7 Å². The maximum absolute atomic E-state index is 15.3. The van der Waals surface area contributed by atoms with Crippen LogP contribution in [0.2, 0.25) is 0 Å². The Morgan fingerprint density at radius 1 is 1.20 bits per heavy atom. The molecule has 0 spiro atoms. The number of amidine groups is 1. The second kappa shape index (κ2) is 10.3. The van der Waals surface area contributed by atoms with Crippen molar-refractivity contribution in [2.75, 3.05) is 11.9 Å². The predicted molar refractivity (Wildman–Crippen MR) is 154 cm³/mol. The number of pyridine rings is 1. The molecule has 1 atom stereocenters. The molecule has 0 bridgehead atoms. The van der Waals surface area contributed by atoms with Crippen molar-refractivity contribution in [2.45, 2.75) is 59.1 Å². The minimum atomic E-state index is -0.635. The van der Waals surface area contributed by atoms with Crippen molar-refractivity contribution in [3.63, 3.8) is 0 Å². The average molecular weight is 546 g/mol. The molecule has 0 saturated heterocycles. The van der Waals surface area contributed by atoms with Crippen LogP contribution in [0.1, 0.15) is 50.9 Å². The van der Waals surface area contributed by atoms with Crippen LogP contribution in [0, 0.1) is 12.7 Å². The number of fused-ring (bicyclic) bond motifs is 1. The van der Waals surface area contributed by atoms with Crippen LogP contribution in [-0.2, 0) is 16.8 Å². The number of anilines is 1. The summed E-state index contributed by atoms with van der Waals surface area (Å²) in [6.45, 7) is 9.68. The second-order valence-corrected chi connectivity index (χ2v) is 11.1. The molecule has 0 saturated carbocycles. The fourth-order valence-corrected chi connectivity index (χ4v) is 4.84.